The van der Waals surface area contributed by atoms with Crippen molar-refractivity contribution in [2.75, 3.05) is 0 Å². The molecule has 0 saturated carbocycles. The molecule has 0 atom stereocenters. The molecule has 0 aliphatic carbocycles. The van der Waals surface area contributed by atoms with E-state index < -0.39 is 0 Å². The Morgan fingerprint density at radius 1 is 0.152 bits per heavy atom. The van der Waals surface area contributed by atoms with Crippen LogP contribution in [0.4, 0.5) is 0 Å². The zero-order chi connectivity index (χ0) is 43.3. The number of fused-ring (bicyclic) bond motifs is 1. The van der Waals surface area contributed by atoms with Gasteiger partial charge in [-0.3, -0.25) is 0 Å². The van der Waals surface area contributed by atoms with E-state index in [-0.39, 0.29) is 0 Å². The number of hydrogen-bond donors (Lipinski definition) is 0. The topological polar surface area (TPSA) is 0 Å². The monoisotopic (exact) mass is 832 g/mol. The minimum absolute atomic E-state index is 1.21. The van der Waals surface area contributed by atoms with Gasteiger partial charge >= 0.3 is 0 Å². The average Bonchev–Trinajstić information content (AvgIpc) is 3.39. The molecule has 0 nitrogen and oxygen atoms in total. The van der Waals surface area contributed by atoms with Crippen LogP contribution in [0.2, 0.25) is 0 Å². The Bertz CT molecular complexity index is 4190. The number of hydrogen-bond acceptors (Lipinski definition) is 0. The summed E-state index contributed by atoms with van der Waals surface area (Å²) < 4.78 is 0. The Balaban J connectivity index is 0.802. The van der Waals surface area contributed by atoms with E-state index in [0.29, 0.717) is 0 Å². The zero-order valence-corrected chi connectivity index (χ0v) is 36.1. The van der Waals surface area contributed by atoms with Crippen LogP contribution in [0.1, 0.15) is 0 Å². The fourth-order valence-electron chi connectivity index (χ4n) is 11.1. The van der Waals surface area contributed by atoms with E-state index >= 15 is 0 Å². The molecule has 14 rings (SSSR count). The quantitative estimate of drug-likeness (QED) is 0.146. The molecule has 0 radical (unpaired) electrons. The molecule has 66 heavy (non-hydrogen) atoms. The molecule has 0 aromatic heterocycles. The lowest BCUT2D eigenvalue weighted by Crippen LogP contribution is -1.90. The Hall–Kier alpha value is -8.58. The van der Waals surface area contributed by atoms with Gasteiger partial charge in [0.05, 0.1) is 0 Å². The van der Waals surface area contributed by atoms with Crippen molar-refractivity contribution in [3.63, 3.8) is 0 Å². The Kier molecular flexibility index (Phi) is 8.08. The van der Waals surface area contributed by atoms with E-state index in [1.165, 1.54) is 142 Å². The minimum atomic E-state index is 1.21. The van der Waals surface area contributed by atoms with Crippen LogP contribution in [-0.2, 0) is 0 Å². The van der Waals surface area contributed by atoms with Crippen LogP contribution in [0, 0.1) is 0 Å². The number of benzene rings is 14. The molecule has 0 bridgehead atoms. The molecule has 304 valence electrons. The van der Waals surface area contributed by atoms with Gasteiger partial charge in [-0.1, -0.05) is 218 Å². The second kappa shape index (κ2) is 14.5. The standard InChI is InChI=1S/C66H40/c1-2-8-49-37-53(24-21-41(49)7-1)52-13-6-16-56(40-52)59-33-27-48-29-35-61-58(32-26-47-30-36-62(59)66(48)65(47)61)55-15-5-12-51(39-55)43-19-17-42(18-20-43)50-11-4-14-54(38-50)57-31-25-46-23-22-44-9-3-10-45-28-34-60(57)64(46)63(44)45/h1-40H. The van der Waals surface area contributed by atoms with Gasteiger partial charge in [0.25, 0.3) is 0 Å². The van der Waals surface area contributed by atoms with Gasteiger partial charge in [0, 0.05) is 0 Å². The molecule has 0 fully saturated rings. The van der Waals surface area contributed by atoms with Crippen molar-refractivity contribution < 1.29 is 0 Å². The van der Waals surface area contributed by atoms with Crippen LogP contribution in [0.5, 0.6) is 0 Å². The molecule has 0 aliphatic rings. The fourth-order valence-corrected chi connectivity index (χ4v) is 11.1. The second-order valence-corrected chi connectivity index (χ2v) is 18.0. The highest BCUT2D eigenvalue weighted by molar-refractivity contribution is 6.28. The summed E-state index contributed by atoms with van der Waals surface area (Å²) >= 11 is 0. The number of rotatable bonds is 6. The van der Waals surface area contributed by atoms with Crippen molar-refractivity contribution in [2.24, 2.45) is 0 Å². The highest BCUT2D eigenvalue weighted by atomic mass is 14.2. The van der Waals surface area contributed by atoms with Crippen molar-refractivity contribution in [3.05, 3.63) is 243 Å². The first-order valence-corrected chi connectivity index (χ1v) is 23.0. The summed E-state index contributed by atoms with van der Waals surface area (Å²) in [5.74, 6) is 0. The maximum absolute atomic E-state index is 2.36. The van der Waals surface area contributed by atoms with Gasteiger partial charge in [0.15, 0.2) is 0 Å². The molecule has 0 saturated heterocycles. The van der Waals surface area contributed by atoms with E-state index in [9.17, 15) is 0 Å². The van der Waals surface area contributed by atoms with Crippen LogP contribution >= 0.6 is 0 Å². The third kappa shape index (κ3) is 5.79. The van der Waals surface area contributed by atoms with Crippen molar-refractivity contribution in [1.29, 1.82) is 0 Å². The third-order valence-electron chi connectivity index (χ3n) is 14.3. The lowest BCUT2D eigenvalue weighted by molar-refractivity contribution is 1.58. The smallest absolute Gasteiger partial charge is 0.00203 e. The lowest BCUT2D eigenvalue weighted by atomic mass is 9.86. The zero-order valence-electron chi connectivity index (χ0n) is 36.1. The highest BCUT2D eigenvalue weighted by Crippen LogP contribution is 2.44. The molecule has 0 N–H and O–H groups in total. The van der Waals surface area contributed by atoms with Crippen LogP contribution < -0.4 is 0 Å². The molecule has 0 heteroatoms. The molecule has 14 aromatic rings. The van der Waals surface area contributed by atoms with Gasteiger partial charge in [-0.05, 0) is 166 Å². The summed E-state index contributed by atoms with van der Waals surface area (Å²) in [7, 11) is 0. The summed E-state index contributed by atoms with van der Waals surface area (Å²) in [6, 6.07) is 90.4. The minimum Gasteiger partial charge on any atom is -0.0616 e. The van der Waals surface area contributed by atoms with Crippen molar-refractivity contribution in [3.8, 4) is 66.8 Å². The first-order chi connectivity index (χ1) is 32.7. The van der Waals surface area contributed by atoms with E-state index in [4.69, 9.17) is 0 Å². The Labute approximate surface area is 383 Å². The van der Waals surface area contributed by atoms with Crippen LogP contribution in [0.15, 0.2) is 243 Å². The molecule has 14 aromatic carbocycles. The van der Waals surface area contributed by atoms with Gasteiger partial charge in [-0.2, -0.15) is 0 Å². The molecule has 0 aliphatic heterocycles. The first kappa shape index (κ1) is 36.9. The van der Waals surface area contributed by atoms with Crippen molar-refractivity contribution in [1.82, 2.24) is 0 Å². The van der Waals surface area contributed by atoms with Gasteiger partial charge in [-0.25, -0.2) is 0 Å². The molecular formula is C66H40. The van der Waals surface area contributed by atoms with Gasteiger partial charge in [0.1, 0.15) is 0 Å². The van der Waals surface area contributed by atoms with E-state index in [1.807, 2.05) is 0 Å². The summed E-state index contributed by atoms with van der Waals surface area (Å²) in [6.07, 6.45) is 0. The van der Waals surface area contributed by atoms with Crippen molar-refractivity contribution in [2.45, 2.75) is 0 Å². The molecule has 0 spiro atoms. The van der Waals surface area contributed by atoms with Crippen LogP contribution in [0.3, 0.4) is 0 Å². The summed E-state index contributed by atoms with van der Waals surface area (Å²) in [6.45, 7) is 0. The van der Waals surface area contributed by atoms with Crippen LogP contribution in [0.25, 0.3) is 142 Å². The Morgan fingerprint density at radius 3 is 0.939 bits per heavy atom. The molecule has 0 heterocycles. The van der Waals surface area contributed by atoms with E-state index in [1.54, 1.807) is 0 Å². The SMILES string of the molecule is c1cc(-c2ccc(-c3cccc(-c4ccc5ccc6c(-c7cccc(-c8ccc9ccccc9c8)c7)ccc7ccc4c5c76)c3)cc2)cc(-c2ccc3ccc4cccc5ccc2c3c45)c1. The summed E-state index contributed by atoms with van der Waals surface area (Å²) in [5, 5.41) is 18.2. The second-order valence-electron chi connectivity index (χ2n) is 18.0. The maximum Gasteiger partial charge on any atom is -0.00203 e. The Morgan fingerprint density at radius 2 is 0.455 bits per heavy atom. The maximum atomic E-state index is 2.36. The molecule has 0 amide bonds. The molecule has 0 unspecified atom stereocenters. The van der Waals surface area contributed by atoms with Gasteiger partial charge in [-0.15, -0.1) is 0 Å². The fraction of sp³-hybridized carbons (Fsp3) is 0. The summed E-state index contributed by atoms with van der Waals surface area (Å²) in [5.41, 5.74) is 14.8. The largest absolute Gasteiger partial charge is 0.0616 e. The van der Waals surface area contributed by atoms with E-state index in [2.05, 4.69) is 243 Å². The lowest BCUT2D eigenvalue weighted by Gasteiger charge is -2.17. The molecular weight excluding hydrogens is 793 g/mol. The third-order valence-corrected chi connectivity index (χ3v) is 14.3. The highest BCUT2D eigenvalue weighted by Gasteiger charge is 2.17. The van der Waals surface area contributed by atoms with Gasteiger partial charge in [0.2, 0.25) is 0 Å². The predicted molar refractivity (Wildman–Crippen MR) is 284 cm³/mol. The normalized spacial score (nSPS) is 11.9. The average molecular weight is 833 g/mol. The first-order valence-electron chi connectivity index (χ1n) is 23.0. The predicted octanol–water partition coefficient (Wildman–Crippen LogP) is 18.6. The van der Waals surface area contributed by atoms with Crippen LogP contribution in [-0.4, -0.2) is 0 Å². The van der Waals surface area contributed by atoms with E-state index in [0.717, 1.165) is 0 Å². The van der Waals surface area contributed by atoms with Crippen molar-refractivity contribution >= 4 is 75.4 Å². The van der Waals surface area contributed by atoms with Gasteiger partial charge < -0.3 is 0 Å². The summed E-state index contributed by atoms with van der Waals surface area (Å²) in [4.78, 5) is 0.